The average Bonchev–Trinajstić information content (AvgIpc) is 2.72. The molecule has 0 aliphatic carbocycles. The summed E-state index contributed by atoms with van der Waals surface area (Å²) in [6, 6.07) is 13.1. The molecule has 2 N–H and O–H groups in total. The first kappa shape index (κ1) is 23.0. The van der Waals surface area contributed by atoms with Crippen molar-refractivity contribution in [2.45, 2.75) is 57.5 Å². The predicted molar refractivity (Wildman–Crippen MR) is 123 cm³/mol. The minimum absolute atomic E-state index is 0.0555. The van der Waals surface area contributed by atoms with Crippen LogP contribution in [0.3, 0.4) is 0 Å². The summed E-state index contributed by atoms with van der Waals surface area (Å²) >= 11 is 6.19. The molecule has 2 aromatic carbocycles. The molecule has 2 aromatic rings. The van der Waals surface area contributed by atoms with Crippen molar-refractivity contribution < 1.29 is 18.7 Å². The van der Waals surface area contributed by atoms with Crippen LogP contribution in [0.1, 0.15) is 56.9 Å². The Morgan fingerprint density at radius 1 is 1.25 bits per heavy atom. The molecule has 4 atom stereocenters. The standard InChI is InChI=1S/C25H30ClFN2O3/c1-25(2,3)32-21(30)14-28-13-17-9-10-18-22(15-7-5-4-6-8-15)29-23-19(24(18)31-17)11-16(26)12-20(23)27/h4-8,11-12,17-18,22,24,28-29H,9-10,13-14H2,1-3H3/t17-,18+,22+,24+/m1/s1. The molecule has 0 saturated carbocycles. The number of carbonyl (C=O) groups is 1. The maximum absolute atomic E-state index is 14.8. The lowest BCUT2D eigenvalue weighted by molar-refractivity contribution is -0.153. The van der Waals surface area contributed by atoms with Gasteiger partial charge in [0.25, 0.3) is 0 Å². The fraction of sp³-hybridized carbons (Fsp3) is 0.480. The maximum Gasteiger partial charge on any atom is 0.320 e. The van der Waals surface area contributed by atoms with Crippen LogP contribution in [0, 0.1) is 11.7 Å². The number of hydrogen-bond acceptors (Lipinski definition) is 5. The molecule has 2 aliphatic rings. The van der Waals surface area contributed by atoms with E-state index in [9.17, 15) is 9.18 Å². The molecular formula is C25H30ClFN2O3. The maximum atomic E-state index is 14.8. The first-order valence-electron chi connectivity index (χ1n) is 11.1. The number of hydrogen-bond donors (Lipinski definition) is 2. The summed E-state index contributed by atoms with van der Waals surface area (Å²) in [6.07, 6.45) is 1.37. The Bertz CT molecular complexity index is 964. The highest BCUT2D eigenvalue weighted by molar-refractivity contribution is 6.30. The molecule has 5 nitrogen and oxygen atoms in total. The lowest BCUT2D eigenvalue weighted by atomic mass is 9.76. The van der Waals surface area contributed by atoms with Crippen LogP contribution in [0.2, 0.25) is 5.02 Å². The van der Waals surface area contributed by atoms with Gasteiger partial charge in [0.15, 0.2) is 0 Å². The van der Waals surface area contributed by atoms with Crippen molar-refractivity contribution in [2.24, 2.45) is 5.92 Å². The van der Waals surface area contributed by atoms with E-state index < -0.39 is 5.60 Å². The molecule has 0 bridgehead atoms. The molecule has 0 radical (unpaired) electrons. The Balaban J connectivity index is 1.50. The normalized spacial score (nSPS) is 24.8. The van der Waals surface area contributed by atoms with Gasteiger partial charge in [0.1, 0.15) is 11.4 Å². The first-order valence-corrected chi connectivity index (χ1v) is 11.5. The Kier molecular flexibility index (Phi) is 6.75. The molecule has 172 valence electrons. The molecule has 32 heavy (non-hydrogen) atoms. The van der Waals surface area contributed by atoms with Crippen LogP contribution in [0.5, 0.6) is 0 Å². The van der Waals surface area contributed by atoms with Crippen molar-refractivity contribution in [1.82, 2.24) is 5.32 Å². The highest BCUT2D eigenvalue weighted by Gasteiger charge is 2.43. The Hall–Kier alpha value is -2.15. The fourth-order valence-electron chi connectivity index (χ4n) is 4.64. The van der Waals surface area contributed by atoms with Gasteiger partial charge in [0.2, 0.25) is 0 Å². The number of esters is 1. The van der Waals surface area contributed by atoms with Gasteiger partial charge in [0.05, 0.1) is 30.5 Å². The number of fused-ring (bicyclic) bond motifs is 3. The van der Waals surface area contributed by atoms with Crippen LogP contribution in [-0.2, 0) is 14.3 Å². The van der Waals surface area contributed by atoms with Gasteiger partial charge in [-0.1, -0.05) is 41.9 Å². The van der Waals surface area contributed by atoms with Gasteiger partial charge < -0.3 is 20.1 Å². The van der Waals surface area contributed by atoms with E-state index in [4.69, 9.17) is 21.1 Å². The van der Waals surface area contributed by atoms with E-state index in [1.165, 1.54) is 6.07 Å². The molecular weight excluding hydrogens is 431 g/mol. The van der Waals surface area contributed by atoms with E-state index in [0.29, 0.717) is 17.3 Å². The summed E-state index contributed by atoms with van der Waals surface area (Å²) in [5, 5.41) is 6.91. The number of nitrogens with one attached hydrogen (secondary N) is 2. The largest absolute Gasteiger partial charge is 0.459 e. The molecule has 2 aliphatic heterocycles. The summed E-state index contributed by atoms with van der Waals surface area (Å²) in [5.74, 6) is -0.526. The zero-order valence-electron chi connectivity index (χ0n) is 18.7. The highest BCUT2D eigenvalue weighted by Crippen LogP contribution is 2.51. The Labute approximate surface area is 193 Å². The molecule has 1 fully saturated rings. The second kappa shape index (κ2) is 9.38. The second-order valence-electron chi connectivity index (χ2n) is 9.52. The van der Waals surface area contributed by atoms with Crippen molar-refractivity contribution in [3.05, 3.63) is 64.4 Å². The first-order chi connectivity index (χ1) is 15.2. The number of halogens is 2. The minimum Gasteiger partial charge on any atom is -0.459 e. The summed E-state index contributed by atoms with van der Waals surface area (Å²) in [7, 11) is 0. The smallest absolute Gasteiger partial charge is 0.320 e. The van der Waals surface area contributed by atoms with Gasteiger partial charge in [-0.25, -0.2) is 4.39 Å². The van der Waals surface area contributed by atoms with Gasteiger partial charge in [-0.2, -0.15) is 0 Å². The topological polar surface area (TPSA) is 59.6 Å². The van der Waals surface area contributed by atoms with Gasteiger partial charge in [-0.15, -0.1) is 0 Å². The highest BCUT2D eigenvalue weighted by atomic mass is 35.5. The number of ether oxygens (including phenoxy) is 2. The van der Waals surface area contributed by atoms with E-state index in [2.05, 4.69) is 22.8 Å². The van der Waals surface area contributed by atoms with E-state index in [0.717, 1.165) is 24.0 Å². The lowest BCUT2D eigenvalue weighted by Gasteiger charge is -2.45. The van der Waals surface area contributed by atoms with Crippen LogP contribution < -0.4 is 10.6 Å². The molecule has 0 unspecified atom stereocenters. The van der Waals surface area contributed by atoms with E-state index in [1.54, 1.807) is 6.07 Å². The number of carbonyl (C=O) groups excluding carboxylic acids is 1. The van der Waals surface area contributed by atoms with Crippen LogP contribution in [0.25, 0.3) is 0 Å². The average molecular weight is 461 g/mol. The fourth-order valence-corrected chi connectivity index (χ4v) is 4.85. The summed E-state index contributed by atoms with van der Waals surface area (Å²) in [5.41, 5.74) is 1.80. The third kappa shape index (κ3) is 5.25. The number of benzene rings is 2. The monoisotopic (exact) mass is 460 g/mol. The third-order valence-corrected chi connectivity index (χ3v) is 6.11. The summed E-state index contributed by atoms with van der Waals surface area (Å²) in [4.78, 5) is 12.0. The molecule has 0 spiro atoms. The molecule has 1 saturated heterocycles. The van der Waals surface area contributed by atoms with E-state index in [-0.39, 0.29) is 42.5 Å². The van der Waals surface area contributed by atoms with Crippen LogP contribution in [0.4, 0.5) is 10.1 Å². The number of rotatable bonds is 5. The van der Waals surface area contributed by atoms with Crippen LogP contribution in [-0.4, -0.2) is 30.8 Å². The van der Waals surface area contributed by atoms with Gasteiger partial charge in [0, 0.05) is 23.0 Å². The van der Waals surface area contributed by atoms with Gasteiger partial charge in [-0.05, 0) is 51.3 Å². The van der Waals surface area contributed by atoms with Crippen molar-refractivity contribution in [3.8, 4) is 0 Å². The van der Waals surface area contributed by atoms with Crippen molar-refractivity contribution in [1.29, 1.82) is 0 Å². The van der Waals surface area contributed by atoms with E-state index >= 15 is 0 Å². The minimum atomic E-state index is -0.512. The Morgan fingerprint density at radius 2 is 2.00 bits per heavy atom. The molecule has 0 aromatic heterocycles. The van der Waals surface area contributed by atoms with Crippen molar-refractivity contribution >= 4 is 23.3 Å². The molecule has 0 amide bonds. The Morgan fingerprint density at radius 3 is 2.72 bits per heavy atom. The third-order valence-electron chi connectivity index (χ3n) is 5.89. The molecule has 2 heterocycles. The zero-order chi connectivity index (χ0) is 22.9. The predicted octanol–water partition coefficient (Wildman–Crippen LogP) is 5.41. The van der Waals surface area contributed by atoms with Crippen LogP contribution in [0.15, 0.2) is 42.5 Å². The van der Waals surface area contributed by atoms with Crippen LogP contribution >= 0.6 is 11.6 Å². The SMILES string of the molecule is CC(C)(C)OC(=O)CNC[C@H]1CC[C@@H]2[C@H](O1)c1cc(Cl)cc(F)c1N[C@H]2c1ccccc1. The van der Waals surface area contributed by atoms with Gasteiger partial charge in [-0.3, -0.25) is 4.79 Å². The summed E-state index contributed by atoms with van der Waals surface area (Å²) in [6.45, 7) is 6.17. The second-order valence-corrected chi connectivity index (χ2v) is 9.96. The lowest BCUT2D eigenvalue weighted by Crippen LogP contribution is -2.43. The molecule has 4 rings (SSSR count). The van der Waals surface area contributed by atoms with Crippen molar-refractivity contribution in [2.75, 3.05) is 18.4 Å². The van der Waals surface area contributed by atoms with E-state index in [1.807, 2.05) is 39.0 Å². The quantitative estimate of drug-likeness (QED) is 0.584. The zero-order valence-corrected chi connectivity index (χ0v) is 19.4. The summed E-state index contributed by atoms with van der Waals surface area (Å²) < 4.78 is 26.7. The molecule has 7 heteroatoms. The van der Waals surface area contributed by atoms with Gasteiger partial charge >= 0.3 is 5.97 Å². The number of anilines is 1. The van der Waals surface area contributed by atoms with Crippen molar-refractivity contribution in [3.63, 3.8) is 0 Å².